The first-order valence-corrected chi connectivity index (χ1v) is 9.28. The quantitative estimate of drug-likeness (QED) is 0.147. The SMILES string of the molecule is CC(C)(C)[C@H](C#CCCCc1ccccc1)OC(=O)c1c(F)c(F)c(F)c(F)c1F. The van der Waals surface area contributed by atoms with Gasteiger partial charge >= 0.3 is 5.97 Å². The van der Waals surface area contributed by atoms with E-state index in [0.29, 0.717) is 6.42 Å². The van der Waals surface area contributed by atoms with Crippen LogP contribution in [-0.4, -0.2) is 12.1 Å². The number of halogens is 5. The highest BCUT2D eigenvalue weighted by atomic mass is 19.2. The molecule has 0 N–H and O–H groups in total. The third-order valence-electron chi connectivity index (χ3n) is 4.27. The van der Waals surface area contributed by atoms with Gasteiger partial charge in [0.15, 0.2) is 29.4 Å². The summed E-state index contributed by atoms with van der Waals surface area (Å²) in [6, 6.07) is 9.73. The topological polar surface area (TPSA) is 26.3 Å². The fourth-order valence-electron chi connectivity index (χ4n) is 2.56. The van der Waals surface area contributed by atoms with Crippen molar-refractivity contribution in [2.75, 3.05) is 0 Å². The predicted molar refractivity (Wildman–Crippen MR) is 102 cm³/mol. The minimum absolute atomic E-state index is 0.474. The zero-order valence-corrected chi connectivity index (χ0v) is 16.8. The zero-order chi connectivity index (χ0) is 22.5. The van der Waals surface area contributed by atoms with E-state index in [1.807, 2.05) is 30.3 Å². The average Bonchev–Trinajstić information content (AvgIpc) is 2.70. The molecule has 2 aromatic rings. The standard InChI is InChI=1S/C23H21F5O2/c1-23(2,3)15(13-9-5-8-12-14-10-6-4-7-11-14)30-22(29)16-17(24)19(26)21(28)20(27)18(16)25/h4,6-7,10-11,15H,5,8,12H2,1-3H3/t15-/m0/s1. The molecule has 0 aromatic heterocycles. The fraction of sp³-hybridized carbons (Fsp3) is 0.348. The summed E-state index contributed by atoms with van der Waals surface area (Å²) in [5, 5.41) is 0. The fourth-order valence-corrected chi connectivity index (χ4v) is 2.56. The Morgan fingerprint density at radius 3 is 2.00 bits per heavy atom. The van der Waals surface area contributed by atoms with Crippen LogP contribution in [0.1, 0.15) is 49.5 Å². The summed E-state index contributed by atoms with van der Waals surface area (Å²) >= 11 is 0. The summed E-state index contributed by atoms with van der Waals surface area (Å²) in [4.78, 5) is 12.2. The smallest absolute Gasteiger partial charge is 0.345 e. The Morgan fingerprint density at radius 2 is 1.47 bits per heavy atom. The van der Waals surface area contributed by atoms with E-state index >= 15 is 0 Å². The molecular weight excluding hydrogens is 403 g/mol. The molecule has 0 amide bonds. The van der Waals surface area contributed by atoms with E-state index in [2.05, 4.69) is 11.8 Å². The average molecular weight is 424 g/mol. The number of carbonyl (C=O) groups excluding carboxylic acids is 1. The summed E-state index contributed by atoms with van der Waals surface area (Å²) in [6.45, 7) is 5.01. The Kier molecular flexibility index (Phi) is 7.60. The van der Waals surface area contributed by atoms with Crippen molar-refractivity contribution in [1.29, 1.82) is 0 Å². The van der Waals surface area contributed by atoms with Crippen LogP contribution in [0.2, 0.25) is 0 Å². The number of rotatable bonds is 5. The second-order valence-corrected chi connectivity index (χ2v) is 7.76. The molecule has 0 radical (unpaired) electrons. The highest BCUT2D eigenvalue weighted by Crippen LogP contribution is 2.27. The van der Waals surface area contributed by atoms with Gasteiger partial charge in [0.05, 0.1) is 0 Å². The molecule has 2 rings (SSSR count). The van der Waals surface area contributed by atoms with E-state index in [9.17, 15) is 26.7 Å². The minimum Gasteiger partial charge on any atom is -0.445 e. The third kappa shape index (κ3) is 5.59. The van der Waals surface area contributed by atoms with Crippen LogP contribution < -0.4 is 0 Å². The number of hydrogen-bond donors (Lipinski definition) is 0. The highest BCUT2D eigenvalue weighted by Gasteiger charge is 2.34. The van der Waals surface area contributed by atoms with Crippen LogP contribution in [-0.2, 0) is 11.2 Å². The van der Waals surface area contributed by atoms with Crippen molar-refractivity contribution in [3.8, 4) is 11.8 Å². The second-order valence-electron chi connectivity index (χ2n) is 7.76. The number of unbranched alkanes of at least 4 members (excludes halogenated alkanes) is 1. The van der Waals surface area contributed by atoms with Crippen molar-refractivity contribution in [3.63, 3.8) is 0 Å². The van der Waals surface area contributed by atoms with Crippen LogP contribution in [0.3, 0.4) is 0 Å². The molecule has 0 aliphatic carbocycles. The molecule has 2 nitrogen and oxygen atoms in total. The van der Waals surface area contributed by atoms with Crippen molar-refractivity contribution in [2.45, 2.75) is 46.1 Å². The first-order chi connectivity index (χ1) is 14.0. The lowest BCUT2D eigenvalue weighted by Crippen LogP contribution is -2.31. The maximum absolute atomic E-state index is 13.9. The van der Waals surface area contributed by atoms with Crippen molar-refractivity contribution in [3.05, 3.63) is 70.5 Å². The van der Waals surface area contributed by atoms with Gasteiger partial charge in [-0.25, -0.2) is 26.7 Å². The van der Waals surface area contributed by atoms with Crippen LogP contribution in [0, 0.1) is 46.3 Å². The molecule has 0 unspecified atom stereocenters. The number of esters is 1. The predicted octanol–water partition coefficient (Wildman–Crippen LogP) is 5.98. The van der Waals surface area contributed by atoms with Gasteiger partial charge in [0.1, 0.15) is 5.56 Å². The van der Waals surface area contributed by atoms with Gasteiger partial charge in [-0.15, -0.1) is 0 Å². The van der Waals surface area contributed by atoms with Gasteiger partial charge < -0.3 is 4.74 Å². The molecule has 0 heterocycles. The van der Waals surface area contributed by atoms with Gasteiger partial charge in [0.2, 0.25) is 5.82 Å². The highest BCUT2D eigenvalue weighted by molar-refractivity contribution is 5.90. The lowest BCUT2D eigenvalue weighted by atomic mass is 9.89. The summed E-state index contributed by atoms with van der Waals surface area (Å²) in [5.74, 6) is -7.31. The number of benzene rings is 2. The molecular formula is C23H21F5O2. The third-order valence-corrected chi connectivity index (χ3v) is 4.27. The minimum atomic E-state index is -2.34. The molecule has 30 heavy (non-hydrogen) atoms. The van der Waals surface area contributed by atoms with Crippen molar-refractivity contribution >= 4 is 5.97 Å². The van der Waals surface area contributed by atoms with Crippen LogP contribution in [0.4, 0.5) is 22.0 Å². The molecule has 0 bridgehead atoms. The van der Waals surface area contributed by atoms with Crippen molar-refractivity contribution < 1.29 is 31.5 Å². The van der Waals surface area contributed by atoms with E-state index < -0.39 is 52.1 Å². The largest absolute Gasteiger partial charge is 0.445 e. The van der Waals surface area contributed by atoms with E-state index in [1.165, 1.54) is 0 Å². The monoisotopic (exact) mass is 424 g/mol. The Labute approximate surface area is 172 Å². The number of carbonyl (C=O) groups is 1. The van der Waals surface area contributed by atoms with Crippen molar-refractivity contribution in [1.82, 2.24) is 0 Å². The lowest BCUT2D eigenvalue weighted by molar-refractivity contribution is 0.0166. The second kappa shape index (κ2) is 9.75. The molecule has 0 spiro atoms. The Hall–Kier alpha value is -2.88. The summed E-state index contributed by atoms with van der Waals surface area (Å²) in [6.07, 6.45) is 0.887. The molecule has 2 aromatic carbocycles. The molecule has 160 valence electrons. The van der Waals surface area contributed by atoms with Crippen LogP contribution >= 0.6 is 0 Å². The van der Waals surface area contributed by atoms with E-state index in [4.69, 9.17) is 4.74 Å². The van der Waals surface area contributed by atoms with E-state index in [0.717, 1.165) is 18.4 Å². The van der Waals surface area contributed by atoms with Gasteiger partial charge in [-0.05, 0) is 18.4 Å². The molecule has 0 saturated heterocycles. The normalized spacial score (nSPS) is 12.1. The van der Waals surface area contributed by atoms with Gasteiger partial charge in [0, 0.05) is 11.8 Å². The van der Waals surface area contributed by atoms with Crippen LogP contribution in [0.15, 0.2) is 30.3 Å². The Balaban J connectivity index is 2.14. The molecule has 0 fully saturated rings. The summed E-state index contributed by atoms with van der Waals surface area (Å²) < 4.78 is 72.6. The lowest BCUT2D eigenvalue weighted by Gasteiger charge is -2.26. The molecule has 7 heteroatoms. The molecule has 1 atom stereocenters. The number of ether oxygens (including phenoxy) is 1. The van der Waals surface area contributed by atoms with Gasteiger partial charge in [-0.3, -0.25) is 0 Å². The number of aryl methyl sites for hydroxylation is 1. The maximum atomic E-state index is 13.9. The molecule has 0 aliphatic heterocycles. The molecule has 0 saturated carbocycles. The summed E-state index contributed by atoms with van der Waals surface area (Å²) in [5.41, 5.74) is -1.25. The Morgan fingerprint density at radius 1 is 0.933 bits per heavy atom. The van der Waals surface area contributed by atoms with Gasteiger partial charge in [-0.2, -0.15) is 0 Å². The molecule has 0 aliphatic rings. The van der Waals surface area contributed by atoms with E-state index in [1.54, 1.807) is 20.8 Å². The number of hydrogen-bond acceptors (Lipinski definition) is 2. The first kappa shape index (κ1) is 23.4. The zero-order valence-electron chi connectivity index (χ0n) is 16.8. The summed E-state index contributed by atoms with van der Waals surface area (Å²) in [7, 11) is 0. The maximum Gasteiger partial charge on any atom is 0.345 e. The first-order valence-electron chi connectivity index (χ1n) is 9.28. The van der Waals surface area contributed by atoms with E-state index in [-0.39, 0.29) is 0 Å². The van der Waals surface area contributed by atoms with Gasteiger partial charge in [-0.1, -0.05) is 62.9 Å². The van der Waals surface area contributed by atoms with Crippen LogP contribution in [0.5, 0.6) is 0 Å². The van der Waals surface area contributed by atoms with Crippen LogP contribution in [0.25, 0.3) is 0 Å². The Bertz CT molecular complexity index is 940. The van der Waals surface area contributed by atoms with Crippen molar-refractivity contribution in [2.24, 2.45) is 5.41 Å². The van der Waals surface area contributed by atoms with Gasteiger partial charge in [0.25, 0.3) is 0 Å².